The molecule has 10 heteroatoms. The molecule has 0 aromatic heterocycles. The van der Waals surface area contributed by atoms with Gasteiger partial charge in [0.1, 0.15) is 11.7 Å². The van der Waals surface area contributed by atoms with E-state index >= 15 is 0 Å². The number of fused-ring (bicyclic) bond motifs is 1. The summed E-state index contributed by atoms with van der Waals surface area (Å²) in [6.07, 6.45) is -1.68. The Labute approximate surface area is 224 Å². The van der Waals surface area contributed by atoms with E-state index < -0.39 is 53.2 Å². The summed E-state index contributed by atoms with van der Waals surface area (Å²) in [6, 6.07) is 6.62. The molecule has 2 rings (SSSR count). The van der Waals surface area contributed by atoms with Crippen molar-refractivity contribution in [3.63, 3.8) is 0 Å². The van der Waals surface area contributed by atoms with E-state index in [-0.39, 0.29) is 31.7 Å². The molecule has 4 atom stereocenters. The SMILES string of the molecule is CC(=O)O[C@@H]1Cc2ccccc2N(C(=O)CC(C)(C)C[C@H](NC(=O)OC(C)(C)C)[C@@H](O)C[C@@H](C)C(=O)O)C1. The second kappa shape index (κ2) is 12.6. The van der Waals surface area contributed by atoms with Gasteiger partial charge in [0.25, 0.3) is 0 Å². The van der Waals surface area contributed by atoms with Gasteiger partial charge in [-0.2, -0.15) is 0 Å². The number of aliphatic hydroxyl groups excluding tert-OH is 1. The molecule has 1 aliphatic heterocycles. The normalized spacial score (nSPS) is 18.0. The van der Waals surface area contributed by atoms with Crippen molar-refractivity contribution in [1.82, 2.24) is 5.32 Å². The number of aliphatic carboxylic acids is 1. The minimum absolute atomic E-state index is 0.0713. The summed E-state index contributed by atoms with van der Waals surface area (Å²) in [5.74, 6) is -2.49. The van der Waals surface area contributed by atoms with Crippen LogP contribution in [0.1, 0.15) is 73.3 Å². The van der Waals surface area contributed by atoms with Crippen molar-refractivity contribution in [3.05, 3.63) is 29.8 Å². The molecule has 2 amide bonds. The highest BCUT2D eigenvalue weighted by molar-refractivity contribution is 5.95. The molecule has 1 aromatic carbocycles. The molecule has 212 valence electrons. The third-order valence-corrected chi connectivity index (χ3v) is 6.34. The zero-order valence-corrected chi connectivity index (χ0v) is 23.4. The Bertz CT molecular complexity index is 1020. The third-order valence-electron chi connectivity index (χ3n) is 6.34. The summed E-state index contributed by atoms with van der Waals surface area (Å²) in [5, 5.41) is 22.9. The maximum absolute atomic E-state index is 13.6. The van der Waals surface area contributed by atoms with Crippen LogP contribution in [-0.2, 0) is 30.3 Å². The summed E-state index contributed by atoms with van der Waals surface area (Å²) in [4.78, 5) is 50.7. The summed E-state index contributed by atoms with van der Waals surface area (Å²) >= 11 is 0. The lowest BCUT2D eigenvalue weighted by Crippen LogP contribution is -2.49. The lowest BCUT2D eigenvalue weighted by atomic mass is 9.79. The van der Waals surface area contributed by atoms with Crippen molar-refractivity contribution in [2.75, 3.05) is 11.4 Å². The monoisotopic (exact) mass is 534 g/mol. The standard InChI is InChI=1S/C28H42N2O8/c1-17(25(34)35)12-23(32)21(29-26(36)38-27(3,4)5)14-28(6,7)15-24(33)30-16-20(37-18(2)31)13-19-10-8-9-11-22(19)30/h8-11,17,20-21,23,32H,12-16H2,1-7H3,(H,29,36)(H,34,35)/t17-,20-,21+,23+/m1/s1. The minimum Gasteiger partial charge on any atom is -0.481 e. The highest BCUT2D eigenvalue weighted by Gasteiger charge is 2.36. The largest absolute Gasteiger partial charge is 0.481 e. The number of amides is 2. The summed E-state index contributed by atoms with van der Waals surface area (Å²) < 4.78 is 10.8. The maximum atomic E-state index is 13.6. The molecule has 0 unspecified atom stereocenters. The van der Waals surface area contributed by atoms with Gasteiger partial charge in [0, 0.05) is 25.5 Å². The zero-order valence-electron chi connectivity index (χ0n) is 23.4. The number of carbonyl (C=O) groups excluding carboxylic acids is 3. The van der Waals surface area contributed by atoms with Crippen LogP contribution in [0.25, 0.3) is 0 Å². The van der Waals surface area contributed by atoms with E-state index in [0.29, 0.717) is 6.42 Å². The fraction of sp³-hybridized carbons (Fsp3) is 0.643. The number of ether oxygens (including phenoxy) is 2. The van der Waals surface area contributed by atoms with Gasteiger partial charge < -0.3 is 29.9 Å². The number of nitrogens with one attached hydrogen (secondary N) is 1. The molecule has 0 bridgehead atoms. The zero-order chi connectivity index (χ0) is 28.8. The number of carbonyl (C=O) groups is 4. The quantitative estimate of drug-likeness (QED) is 0.386. The Kier molecular flexibility index (Phi) is 10.3. The van der Waals surface area contributed by atoms with Crippen LogP contribution in [0, 0.1) is 11.3 Å². The van der Waals surface area contributed by atoms with E-state index in [1.54, 1.807) is 25.7 Å². The minimum atomic E-state index is -1.17. The fourth-order valence-corrected chi connectivity index (χ4v) is 4.65. The van der Waals surface area contributed by atoms with Crippen molar-refractivity contribution >= 4 is 29.6 Å². The number of esters is 1. The Morgan fingerprint density at radius 2 is 1.76 bits per heavy atom. The van der Waals surface area contributed by atoms with Gasteiger partial charge in [0.15, 0.2) is 0 Å². The van der Waals surface area contributed by atoms with Gasteiger partial charge in [-0.15, -0.1) is 0 Å². The Morgan fingerprint density at radius 3 is 2.34 bits per heavy atom. The molecular weight excluding hydrogens is 492 g/mol. The van der Waals surface area contributed by atoms with E-state index in [2.05, 4.69) is 5.32 Å². The van der Waals surface area contributed by atoms with Crippen molar-refractivity contribution < 1.29 is 38.9 Å². The smallest absolute Gasteiger partial charge is 0.407 e. The van der Waals surface area contributed by atoms with Crippen molar-refractivity contribution in [2.45, 2.75) is 98.0 Å². The van der Waals surface area contributed by atoms with Crippen LogP contribution in [0.2, 0.25) is 0 Å². The number of alkyl carbamates (subject to hydrolysis) is 1. The first-order valence-electron chi connectivity index (χ1n) is 12.9. The average molecular weight is 535 g/mol. The van der Waals surface area contributed by atoms with Crippen LogP contribution in [0.4, 0.5) is 10.5 Å². The van der Waals surface area contributed by atoms with Gasteiger partial charge in [-0.25, -0.2) is 4.79 Å². The van der Waals surface area contributed by atoms with E-state index in [1.165, 1.54) is 13.8 Å². The van der Waals surface area contributed by atoms with Gasteiger partial charge in [-0.05, 0) is 50.7 Å². The third kappa shape index (κ3) is 9.63. The Hall–Kier alpha value is -3.14. The molecule has 0 spiro atoms. The highest BCUT2D eigenvalue weighted by atomic mass is 16.6. The molecule has 10 nitrogen and oxygen atoms in total. The molecule has 0 saturated carbocycles. The molecule has 0 fully saturated rings. The van der Waals surface area contributed by atoms with Crippen LogP contribution < -0.4 is 10.2 Å². The Morgan fingerprint density at radius 1 is 1.13 bits per heavy atom. The van der Waals surface area contributed by atoms with Crippen molar-refractivity contribution in [3.8, 4) is 0 Å². The number of benzene rings is 1. The number of carboxylic acids is 1. The number of aliphatic hydroxyl groups is 1. The van der Waals surface area contributed by atoms with E-state index in [4.69, 9.17) is 9.47 Å². The molecule has 0 saturated heterocycles. The van der Waals surface area contributed by atoms with E-state index in [0.717, 1.165) is 11.3 Å². The van der Waals surface area contributed by atoms with Crippen LogP contribution in [0.5, 0.6) is 0 Å². The summed E-state index contributed by atoms with van der Waals surface area (Å²) in [5.41, 5.74) is 0.196. The number of rotatable bonds is 10. The topological polar surface area (TPSA) is 142 Å². The second-order valence-electron chi connectivity index (χ2n) is 11.9. The molecule has 1 aromatic rings. The number of hydrogen-bond donors (Lipinski definition) is 3. The van der Waals surface area contributed by atoms with Gasteiger partial charge in [0.05, 0.1) is 24.6 Å². The van der Waals surface area contributed by atoms with Gasteiger partial charge in [0.2, 0.25) is 5.91 Å². The summed E-state index contributed by atoms with van der Waals surface area (Å²) in [7, 11) is 0. The molecule has 1 aliphatic rings. The number of carboxylic acid groups (broad SMARTS) is 1. The first-order valence-corrected chi connectivity index (χ1v) is 12.9. The van der Waals surface area contributed by atoms with Crippen LogP contribution in [0.15, 0.2) is 24.3 Å². The van der Waals surface area contributed by atoms with Gasteiger partial charge in [-0.3, -0.25) is 14.4 Å². The summed E-state index contributed by atoms with van der Waals surface area (Å²) in [6.45, 7) is 11.9. The molecule has 0 radical (unpaired) electrons. The van der Waals surface area contributed by atoms with E-state index in [9.17, 15) is 29.4 Å². The van der Waals surface area contributed by atoms with Crippen LogP contribution >= 0.6 is 0 Å². The lowest BCUT2D eigenvalue weighted by Gasteiger charge is -2.37. The predicted octanol–water partition coefficient (Wildman–Crippen LogP) is 3.68. The van der Waals surface area contributed by atoms with Crippen LogP contribution in [-0.4, -0.2) is 64.5 Å². The number of nitrogens with zero attached hydrogens (tertiary/aromatic N) is 1. The first-order chi connectivity index (χ1) is 17.5. The number of para-hydroxylation sites is 1. The maximum Gasteiger partial charge on any atom is 0.407 e. The molecular formula is C28H42N2O8. The fourth-order valence-electron chi connectivity index (χ4n) is 4.65. The van der Waals surface area contributed by atoms with E-state index in [1.807, 2.05) is 38.1 Å². The molecule has 0 aliphatic carbocycles. The van der Waals surface area contributed by atoms with Gasteiger partial charge in [-0.1, -0.05) is 39.0 Å². The van der Waals surface area contributed by atoms with Gasteiger partial charge >= 0.3 is 18.0 Å². The van der Waals surface area contributed by atoms with Crippen molar-refractivity contribution in [2.24, 2.45) is 11.3 Å². The highest BCUT2D eigenvalue weighted by Crippen LogP contribution is 2.34. The molecule has 1 heterocycles. The lowest BCUT2D eigenvalue weighted by molar-refractivity contribution is -0.146. The number of anilines is 1. The first kappa shape index (κ1) is 31.1. The predicted molar refractivity (Wildman–Crippen MR) is 142 cm³/mol. The second-order valence-corrected chi connectivity index (χ2v) is 11.9. The molecule has 3 N–H and O–H groups in total. The Balaban J connectivity index is 2.22. The number of hydrogen-bond acceptors (Lipinski definition) is 7. The molecule has 38 heavy (non-hydrogen) atoms. The average Bonchev–Trinajstić information content (AvgIpc) is 2.75. The van der Waals surface area contributed by atoms with Crippen LogP contribution in [0.3, 0.4) is 0 Å². The van der Waals surface area contributed by atoms with Crippen molar-refractivity contribution in [1.29, 1.82) is 0 Å².